The van der Waals surface area contributed by atoms with Gasteiger partial charge in [-0.1, -0.05) is 23.4 Å². The highest BCUT2D eigenvalue weighted by Gasteiger charge is 2.21. The fourth-order valence-corrected chi connectivity index (χ4v) is 3.57. The molecule has 0 saturated heterocycles. The van der Waals surface area contributed by atoms with E-state index in [4.69, 9.17) is 23.1 Å². The number of carbonyl (C=O) groups excluding carboxylic acids is 1. The largest absolute Gasteiger partial charge is 0.382 e. The third-order valence-electron chi connectivity index (χ3n) is 4.76. The average molecular weight is 494 g/mol. The van der Waals surface area contributed by atoms with Crippen molar-refractivity contribution in [2.45, 2.75) is 6.42 Å². The smallest absolute Gasteiger partial charge is 0.283 e. The van der Waals surface area contributed by atoms with Crippen molar-refractivity contribution in [2.75, 3.05) is 23.0 Å². The van der Waals surface area contributed by atoms with Crippen molar-refractivity contribution in [1.82, 2.24) is 19.7 Å². The lowest BCUT2D eigenvalue weighted by atomic mass is 10.1. The van der Waals surface area contributed by atoms with Crippen LogP contribution in [0.5, 0.6) is 0 Å². The first-order valence-corrected chi connectivity index (χ1v) is 10.9. The van der Waals surface area contributed by atoms with Crippen molar-refractivity contribution >= 4 is 56.8 Å². The van der Waals surface area contributed by atoms with Crippen LogP contribution in [0.1, 0.15) is 11.3 Å². The maximum Gasteiger partial charge on any atom is 0.283 e. The van der Waals surface area contributed by atoms with Gasteiger partial charge in [0.25, 0.3) is 11.2 Å². The number of benzene rings is 2. The quantitative estimate of drug-likeness (QED) is 0.356. The van der Waals surface area contributed by atoms with Gasteiger partial charge in [0.05, 0.1) is 11.2 Å². The van der Waals surface area contributed by atoms with Gasteiger partial charge in [-0.3, -0.25) is 4.79 Å². The molecule has 0 atom stereocenters. The number of hydrogen-bond donors (Lipinski definition) is 3. The number of nitrogens with one attached hydrogen (secondary N) is 1. The summed E-state index contributed by atoms with van der Waals surface area (Å²) in [5.74, 6) is -3.68. The molecule has 0 unspecified atom stereocenters. The number of carbonyl (C=O) groups is 1. The van der Waals surface area contributed by atoms with Gasteiger partial charge in [-0.05, 0) is 36.6 Å². The van der Waals surface area contributed by atoms with E-state index in [1.165, 1.54) is 4.68 Å². The minimum absolute atomic E-state index is 0.0433. The number of fused-ring (bicyclic) bond motifs is 1. The molecular formula is C20H15ClF3N7OS. The molecule has 5 N–H and O–H groups in total. The van der Waals surface area contributed by atoms with Crippen LogP contribution in [0.15, 0.2) is 30.3 Å². The summed E-state index contributed by atoms with van der Waals surface area (Å²) in [5, 5.41) is 7.23. The number of hydrogen-bond acceptors (Lipinski definition) is 7. The van der Waals surface area contributed by atoms with Gasteiger partial charge in [-0.15, -0.1) is 0 Å². The van der Waals surface area contributed by atoms with Crippen LogP contribution in [0.4, 0.5) is 35.3 Å². The Morgan fingerprint density at radius 2 is 1.79 bits per heavy atom. The molecule has 0 aliphatic heterocycles. The van der Waals surface area contributed by atoms with Crippen LogP contribution >= 0.6 is 23.4 Å². The molecule has 1 amide bonds. The number of nitrogens with zero attached hydrogens (tertiary/aromatic N) is 4. The zero-order chi connectivity index (χ0) is 23.9. The second-order valence-corrected chi connectivity index (χ2v) is 8.02. The molecule has 0 spiro atoms. The van der Waals surface area contributed by atoms with Crippen molar-refractivity contribution < 1.29 is 18.0 Å². The lowest BCUT2D eigenvalue weighted by molar-refractivity contribution is 0.270. The Bertz CT molecular complexity index is 1390. The molecule has 0 radical (unpaired) electrons. The third-order valence-corrected chi connectivity index (χ3v) is 5.46. The highest BCUT2D eigenvalue weighted by molar-refractivity contribution is 8.13. The maximum absolute atomic E-state index is 14.3. The zero-order valence-electron chi connectivity index (χ0n) is 16.9. The number of nitrogens with two attached hydrogens (primary N) is 2. The van der Waals surface area contributed by atoms with Crippen LogP contribution in [-0.2, 0) is 6.42 Å². The summed E-state index contributed by atoms with van der Waals surface area (Å²) >= 11 is 7.03. The number of thioether (sulfide) groups is 1. The molecule has 4 aromatic rings. The van der Waals surface area contributed by atoms with Gasteiger partial charge < -0.3 is 16.8 Å². The molecule has 8 nitrogen and oxygen atoms in total. The van der Waals surface area contributed by atoms with E-state index in [-0.39, 0.29) is 35.4 Å². The number of nitrogen functional groups attached to an aromatic ring is 2. The van der Waals surface area contributed by atoms with E-state index in [0.29, 0.717) is 22.0 Å². The van der Waals surface area contributed by atoms with Crippen molar-refractivity contribution in [3.8, 4) is 5.95 Å². The van der Waals surface area contributed by atoms with E-state index in [1.54, 1.807) is 24.5 Å². The summed E-state index contributed by atoms with van der Waals surface area (Å²) in [4.78, 5) is 20.0. The molecule has 0 aliphatic rings. The van der Waals surface area contributed by atoms with E-state index in [9.17, 15) is 18.0 Å². The van der Waals surface area contributed by atoms with Crippen LogP contribution in [0.25, 0.3) is 16.9 Å². The SMILES string of the molecule is CSC(=O)Nc1c(N)nc(-n2nc(Cc3c(F)ccc(F)c3F)c3cc(Cl)ccc32)nc1N. The van der Waals surface area contributed by atoms with Crippen molar-refractivity contribution in [3.63, 3.8) is 0 Å². The first kappa shape index (κ1) is 22.7. The second-order valence-electron chi connectivity index (χ2n) is 6.80. The van der Waals surface area contributed by atoms with Crippen molar-refractivity contribution in [2.24, 2.45) is 0 Å². The highest BCUT2D eigenvalue weighted by Crippen LogP contribution is 2.30. The van der Waals surface area contributed by atoms with Crippen LogP contribution < -0.4 is 16.8 Å². The van der Waals surface area contributed by atoms with Gasteiger partial charge in [-0.2, -0.15) is 19.7 Å². The molecular weight excluding hydrogens is 479 g/mol. The summed E-state index contributed by atoms with van der Waals surface area (Å²) in [6.07, 6.45) is 1.20. The number of amides is 1. The summed E-state index contributed by atoms with van der Waals surface area (Å²) in [6.45, 7) is 0. The summed E-state index contributed by atoms with van der Waals surface area (Å²) < 4.78 is 43.5. The molecule has 33 heavy (non-hydrogen) atoms. The Kier molecular flexibility index (Phi) is 6.04. The Balaban J connectivity index is 1.86. The molecule has 0 fully saturated rings. The van der Waals surface area contributed by atoms with Crippen molar-refractivity contribution in [1.29, 1.82) is 0 Å². The molecule has 2 heterocycles. The standard InChI is InChI=1S/C20H15ClF3N7OS/c1-33-20(32)27-16-17(25)28-19(29-18(16)26)31-14-5-2-8(21)6-10(14)13(30-31)7-9-11(22)3-4-12(23)15(9)24/h2-6H,7H2,1H3,(H,27,32)(H4,25,26,28,29). The number of rotatable bonds is 4. The minimum atomic E-state index is -1.31. The molecule has 2 aromatic heterocycles. The van der Waals surface area contributed by atoms with E-state index in [0.717, 1.165) is 17.8 Å². The molecule has 0 saturated carbocycles. The molecule has 170 valence electrons. The van der Waals surface area contributed by atoms with Gasteiger partial charge in [0.2, 0.25) is 0 Å². The fourth-order valence-electron chi connectivity index (χ4n) is 3.19. The van der Waals surface area contributed by atoms with E-state index in [2.05, 4.69) is 20.4 Å². The Morgan fingerprint density at radius 1 is 1.12 bits per heavy atom. The maximum atomic E-state index is 14.3. The first-order valence-electron chi connectivity index (χ1n) is 9.27. The predicted octanol–water partition coefficient (Wildman–Crippen LogP) is 4.54. The first-order chi connectivity index (χ1) is 15.7. The van der Waals surface area contributed by atoms with E-state index >= 15 is 0 Å². The number of aromatic nitrogens is 4. The van der Waals surface area contributed by atoms with Gasteiger partial charge in [0.1, 0.15) is 11.5 Å². The summed E-state index contributed by atoms with van der Waals surface area (Å²) in [5.41, 5.74) is 12.1. The van der Waals surface area contributed by atoms with Gasteiger partial charge in [0.15, 0.2) is 23.3 Å². The molecule has 0 bridgehead atoms. The number of anilines is 3. The Hall–Kier alpha value is -3.51. The highest BCUT2D eigenvalue weighted by atomic mass is 35.5. The minimum Gasteiger partial charge on any atom is -0.382 e. The molecule has 0 aliphatic carbocycles. The average Bonchev–Trinajstić information content (AvgIpc) is 3.13. The lowest BCUT2D eigenvalue weighted by Gasteiger charge is -2.11. The predicted molar refractivity (Wildman–Crippen MR) is 122 cm³/mol. The Labute approximate surface area is 194 Å². The molecule has 13 heteroatoms. The fraction of sp³-hybridized carbons (Fsp3) is 0.100. The van der Waals surface area contributed by atoms with Gasteiger partial charge >= 0.3 is 0 Å². The second kappa shape index (κ2) is 8.79. The van der Waals surface area contributed by atoms with Crippen LogP contribution in [0, 0.1) is 17.5 Å². The molecule has 2 aromatic carbocycles. The topological polar surface area (TPSA) is 125 Å². The number of halogens is 4. The van der Waals surface area contributed by atoms with E-state index < -0.39 is 28.3 Å². The van der Waals surface area contributed by atoms with Gasteiger partial charge in [-0.25, -0.2) is 13.2 Å². The molecule has 4 rings (SSSR count). The van der Waals surface area contributed by atoms with Crippen molar-refractivity contribution in [3.05, 3.63) is 64.1 Å². The summed E-state index contributed by atoms with van der Waals surface area (Å²) in [7, 11) is 0. The van der Waals surface area contributed by atoms with Gasteiger partial charge in [0, 0.05) is 22.4 Å². The zero-order valence-corrected chi connectivity index (χ0v) is 18.4. The van der Waals surface area contributed by atoms with Crippen LogP contribution in [-0.4, -0.2) is 31.2 Å². The lowest BCUT2D eigenvalue weighted by Crippen LogP contribution is -2.14. The Morgan fingerprint density at radius 3 is 2.45 bits per heavy atom. The normalized spacial score (nSPS) is 11.2. The van der Waals surface area contributed by atoms with Crippen LogP contribution in [0.2, 0.25) is 5.02 Å². The monoisotopic (exact) mass is 493 g/mol. The van der Waals surface area contributed by atoms with E-state index in [1.807, 2.05) is 0 Å². The summed E-state index contributed by atoms with van der Waals surface area (Å²) in [6, 6.07) is 6.27. The third kappa shape index (κ3) is 4.26. The van der Waals surface area contributed by atoms with Crippen LogP contribution in [0.3, 0.4) is 0 Å².